The number of hydrogen-bond acceptors (Lipinski definition) is 6. The molecule has 0 bridgehead atoms. The van der Waals surface area contributed by atoms with E-state index < -0.39 is 0 Å². The summed E-state index contributed by atoms with van der Waals surface area (Å²) in [7, 11) is 0. The first-order valence-corrected chi connectivity index (χ1v) is 7.04. The van der Waals surface area contributed by atoms with Gasteiger partial charge in [-0.05, 0) is 13.8 Å². The lowest BCUT2D eigenvalue weighted by molar-refractivity contribution is 0.0683. The molecule has 2 aromatic heterocycles. The van der Waals surface area contributed by atoms with Crippen molar-refractivity contribution >= 4 is 0 Å². The highest BCUT2D eigenvalue weighted by molar-refractivity contribution is 4.96. The Morgan fingerprint density at radius 3 is 2.65 bits per heavy atom. The van der Waals surface area contributed by atoms with Gasteiger partial charge >= 0.3 is 0 Å². The minimum atomic E-state index is -0.162. The lowest BCUT2D eigenvalue weighted by atomic mass is 10.4. The average molecular weight is 279 g/mol. The third-order valence-electron chi connectivity index (χ3n) is 2.97. The molecule has 0 spiro atoms. The van der Waals surface area contributed by atoms with Crippen LogP contribution in [0.25, 0.3) is 0 Å². The van der Waals surface area contributed by atoms with Gasteiger partial charge in [-0.2, -0.15) is 10.1 Å². The Morgan fingerprint density at radius 2 is 2.00 bits per heavy atom. The van der Waals surface area contributed by atoms with Crippen LogP contribution in [0.2, 0.25) is 0 Å². The molecular formula is C13H21N5O2. The van der Waals surface area contributed by atoms with E-state index in [1.807, 2.05) is 25.5 Å². The predicted octanol–water partition coefficient (Wildman–Crippen LogP) is 1.93. The zero-order valence-corrected chi connectivity index (χ0v) is 12.5. The van der Waals surface area contributed by atoms with E-state index in [1.165, 1.54) is 0 Å². The van der Waals surface area contributed by atoms with Crippen LogP contribution in [0.1, 0.15) is 57.2 Å². The highest BCUT2D eigenvalue weighted by atomic mass is 16.5. The smallest absolute Gasteiger partial charge is 0.248 e. The minimum Gasteiger partial charge on any atom is -0.371 e. The summed E-state index contributed by atoms with van der Waals surface area (Å²) >= 11 is 0. The Labute approximate surface area is 118 Å². The Hall–Kier alpha value is -1.76. The molecule has 0 unspecified atom stereocenters. The molecule has 0 radical (unpaired) electrons. The Kier molecular flexibility index (Phi) is 4.84. The maximum absolute atomic E-state index is 5.44. The van der Waals surface area contributed by atoms with Gasteiger partial charge in [0.15, 0.2) is 11.6 Å². The van der Waals surface area contributed by atoms with Crippen LogP contribution >= 0.6 is 0 Å². The Morgan fingerprint density at radius 1 is 1.20 bits per heavy atom. The molecular weight excluding hydrogens is 258 g/mol. The van der Waals surface area contributed by atoms with Crippen LogP contribution in [0.15, 0.2) is 4.52 Å². The van der Waals surface area contributed by atoms with E-state index in [4.69, 9.17) is 9.26 Å². The van der Waals surface area contributed by atoms with Crippen LogP contribution in [0, 0.1) is 0 Å². The van der Waals surface area contributed by atoms with Gasteiger partial charge in [-0.1, -0.05) is 19.0 Å². The summed E-state index contributed by atoms with van der Waals surface area (Å²) in [5, 5.41) is 8.37. The number of aromatic nitrogens is 5. The van der Waals surface area contributed by atoms with Crippen LogP contribution in [0.3, 0.4) is 0 Å². The molecule has 0 aliphatic rings. The van der Waals surface area contributed by atoms with Crippen LogP contribution in [-0.2, 0) is 24.1 Å². The second kappa shape index (κ2) is 6.60. The van der Waals surface area contributed by atoms with Crippen molar-refractivity contribution < 1.29 is 9.26 Å². The topological polar surface area (TPSA) is 78.9 Å². The third kappa shape index (κ3) is 3.22. The van der Waals surface area contributed by atoms with Crippen molar-refractivity contribution in [3.63, 3.8) is 0 Å². The second-order valence-electron chi connectivity index (χ2n) is 4.45. The van der Waals surface area contributed by atoms with Gasteiger partial charge in [-0.25, -0.2) is 9.67 Å². The second-order valence-corrected chi connectivity index (χ2v) is 4.45. The average Bonchev–Trinajstić information content (AvgIpc) is 3.06. The third-order valence-corrected chi connectivity index (χ3v) is 2.97. The first-order chi connectivity index (χ1) is 9.67. The molecule has 20 heavy (non-hydrogen) atoms. The van der Waals surface area contributed by atoms with Gasteiger partial charge in [0.05, 0.1) is 0 Å². The van der Waals surface area contributed by atoms with Gasteiger partial charge in [0, 0.05) is 19.4 Å². The number of rotatable bonds is 7. The fourth-order valence-corrected chi connectivity index (χ4v) is 1.91. The molecule has 0 N–H and O–H groups in total. The molecule has 0 saturated carbocycles. The van der Waals surface area contributed by atoms with Crippen LogP contribution in [-0.4, -0.2) is 31.5 Å². The summed E-state index contributed by atoms with van der Waals surface area (Å²) in [6.07, 6.45) is 1.48. The van der Waals surface area contributed by atoms with Gasteiger partial charge in [0.25, 0.3) is 0 Å². The van der Waals surface area contributed by atoms with Gasteiger partial charge in [0.1, 0.15) is 18.5 Å². The van der Waals surface area contributed by atoms with Gasteiger partial charge in [-0.15, -0.1) is 0 Å². The van der Waals surface area contributed by atoms with Crippen LogP contribution in [0.5, 0.6) is 0 Å². The van der Waals surface area contributed by atoms with Crippen molar-refractivity contribution in [2.75, 3.05) is 6.61 Å². The fraction of sp³-hybridized carbons (Fsp3) is 0.692. The maximum atomic E-state index is 5.44. The van der Waals surface area contributed by atoms with Crippen molar-refractivity contribution in [3.05, 3.63) is 23.4 Å². The quantitative estimate of drug-likeness (QED) is 0.770. The first-order valence-electron chi connectivity index (χ1n) is 7.04. The van der Waals surface area contributed by atoms with E-state index in [0.717, 1.165) is 24.5 Å². The first kappa shape index (κ1) is 14.6. The monoisotopic (exact) mass is 279 g/mol. The standard InChI is InChI=1S/C13H21N5O2/c1-5-10-14-11(6-2)18(16-10)8-12-15-13(17-20-12)9(4)19-7-3/h9H,5-8H2,1-4H3/t9-/m0/s1. The molecule has 0 aromatic carbocycles. The predicted molar refractivity (Wildman–Crippen MR) is 72.2 cm³/mol. The normalized spacial score (nSPS) is 12.8. The lowest BCUT2D eigenvalue weighted by Crippen LogP contribution is -2.07. The van der Waals surface area contributed by atoms with E-state index in [1.54, 1.807) is 0 Å². The summed E-state index contributed by atoms with van der Waals surface area (Å²) in [5.41, 5.74) is 0. The summed E-state index contributed by atoms with van der Waals surface area (Å²) < 4.78 is 12.5. The number of aryl methyl sites for hydroxylation is 2. The molecule has 7 heteroatoms. The number of ether oxygens (including phenoxy) is 1. The van der Waals surface area contributed by atoms with E-state index >= 15 is 0 Å². The molecule has 7 nitrogen and oxygen atoms in total. The summed E-state index contributed by atoms with van der Waals surface area (Å²) in [6.45, 7) is 8.99. The lowest BCUT2D eigenvalue weighted by Gasteiger charge is -2.04. The molecule has 2 aromatic rings. The highest BCUT2D eigenvalue weighted by Gasteiger charge is 2.16. The Balaban J connectivity index is 2.12. The molecule has 1 atom stereocenters. The summed E-state index contributed by atoms with van der Waals surface area (Å²) in [6, 6.07) is 0. The molecule has 0 aliphatic heterocycles. The minimum absolute atomic E-state index is 0.162. The van der Waals surface area contributed by atoms with Gasteiger partial charge in [-0.3, -0.25) is 0 Å². The zero-order valence-electron chi connectivity index (χ0n) is 12.5. The van der Waals surface area contributed by atoms with Crippen LogP contribution < -0.4 is 0 Å². The van der Waals surface area contributed by atoms with Crippen molar-refractivity contribution in [3.8, 4) is 0 Å². The fourth-order valence-electron chi connectivity index (χ4n) is 1.91. The Bertz CT molecular complexity index is 549. The zero-order chi connectivity index (χ0) is 14.5. The van der Waals surface area contributed by atoms with Crippen molar-refractivity contribution in [1.29, 1.82) is 0 Å². The largest absolute Gasteiger partial charge is 0.371 e. The molecule has 2 rings (SSSR count). The van der Waals surface area contributed by atoms with Gasteiger partial charge in [0.2, 0.25) is 5.89 Å². The van der Waals surface area contributed by atoms with E-state index in [9.17, 15) is 0 Å². The van der Waals surface area contributed by atoms with Crippen molar-refractivity contribution in [1.82, 2.24) is 24.9 Å². The van der Waals surface area contributed by atoms with Gasteiger partial charge < -0.3 is 9.26 Å². The van der Waals surface area contributed by atoms with E-state index in [0.29, 0.717) is 24.9 Å². The molecule has 110 valence electrons. The summed E-state index contributed by atoms with van der Waals surface area (Å²) in [4.78, 5) is 8.80. The molecule has 0 fully saturated rings. The molecule has 0 aliphatic carbocycles. The van der Waals surface area contributed by atoms with E-state index in [-0.39, 0.29) is 6.10 Å². The maximum Gasteiger partial charge on any atom is 0.248 e. The molecule has 2 heterocycles. The summed E-state index contributed by atoms with van der Waals surface area (Å²) in [5.74, 6) is 2.85. The highest BCUT2D eigenvalue weighted by Crippen LogP contribution is 2.13. The SMILES string of the molecule is CCO[C@@H](C)c1noc(Cn2nc(CC)nc2CC)n1. The van der Waals surface area contributed by atoms with Crippen molar-refractivity contribution in [2.24, 2.45) is 0 Å². The number of nitrogens with zero attached hydrogens (tertiary/aromatic N) is 5. The number of hydrogen-bond donors (Lipinski definition) is 0. The molecule has 0 amide bonds. The van der Waals surface area contributed by atoms with E-state index in [2.05, 4.69) is 27.1 Å². The molecule has 0 saturated heterocycles. The van der Waals surface area contributed by atoms with Crippen molar-refractivity contribution in [2.45, 2.75) is 53.2 Å². The van der Waals surface area contributed by atoms with Crippen LogP contribution in [0.4, 0.5) is 0 Å².